The molecule has 1 aromatic heterocycles. The van der Waals surface area contributed by atoms with Crippen molar-refractivity contribution >= 4 is 11.9 Å². The lowest BCUT2D eigenvalue weighted by Gasteiger charge is -2.17. The first kappa shape index (κ1) is 15.0. The minimum absolute atomic E-state index is 0.132. The molecule has 2 N–H and O–H groups in total. The van der Waals surface area contributed by atoms with Crippen molar-refractivity contribution in [2.24, 2.45) is 0 Å². The zero-order chi connectivity index (χ0) is 16.2. The van der Waals surface area contributed by atoms with Crippen molar-refractivity contribution in [3.63, 3.8) is 0 Å². The average molecular weight is 312 g/mol. The Morgan fingerprint density at radius 1 is 1.13 bits per heavy atom. The van der Waals surface area contributed by atoms with Crippen molar-refractivity contribution in [2.75, 3.05) is 0 Å². The standard InChI is InChI=1S/C17H16N2O4/c20-15-13(7-4-10-18-15)17(22)23-14(11-5-2-1-3-6-11)16(21)19-12-8-9-12/h1-7,10,12,14H,8-9H2,(H,18,20)(H,19,21)/t14-/m1/s1. The van der Waals surface area contributed by atoms with E-state index in [1.54, 1.807) is 24.3 Å². The molecule has 1 fully saturated rings. The molecule has 0 saturated heterocycles. The van der Waals surface area contributed by atoms with Crippen molar-refractivity contribution in [1.29, 1.82) is 0 Å². The van der Waals surface area contributed by atoms with Crippen LogP contribution in [0.2, 0.25) is 0 Å². The fourth-order valence-corrected chi connectivity index (χ4v) is 2.16. The SMILES string of the molecule is O=C(O[C@@H](C(=O)NC1CC1)c1ccccc1)c1ccc[nH]c1=O. The van der Waals surface area contributed by atoms with E-state index < -0.39 is 17.6 Å². The van der Waals surface area contributed by atoms with Gasteiger partial charge in [0.15, 0.2) is 0 Å². The number of benzene rings is 1. The molecule has 6 nitrogen and oxygen atoms in total. The van der Waals surface area contributed by atoms with Crippen LogP contribution in [0.25, 0.3) is 0 Å². The first-order valence-electron chi connectivity index (χ1n) is 7.39. The van der Waals surface area contributed by atoms with Gasteiger partial charge in [-0.1, -0.05) is 30.3 Å². The quantitative estimate of drug-likeness (QED) is 0.820. The number of aromatic amines is 1. The molecule has 6 heteroatoms. The number of hydrogen-bond donors (Lipinski definition) is 2. The Balaban J connectivity index is 1.83. The summed E-state index contributed by atoms with van der Waals surface area (Å²) >= 11 is 0. The fourth-order valence-electron chi connectivity index (χ4n) is 2.16. The van der Waals surface area contributed by atoms with Crippen LogP contribution in [0.15, 0.2) is 53.5 Å². The van der Waals surface area contributed by atoms with Gasteiger partial charge in [0.2, 0.25) is 6.10 Å². The summed E-state index contributed by atoms with van der Waals surface area (Å²) in [5.74, 6) is -1.20. The van der Waals surface area contributed by atoms with Gasteiger partial charge in [-0.15, -0.1) is 0 Å². The summed E-state index contributed by atoms with van der Waals surface area (Å²) in [6.07, 6.45) is 2.20. The van der Waals surface area contributed by atoms with Crippen molar-refractivity contribution in [2.45, 2.75) is 25.0 Å². The minimum Gasteiger partial charge on any atom is -0.444 e. The van der Waals surface area contributed by atoms with Gasteiger partial charge in [0.25, 0.3) is 11.5 Å². The second-order valence-electron chi connectivity index (χ2n) is 5.39. The molecule has 1 heterocycles. The van der Waals surface area contributed by atoms with Crippen LogP contribution in [0.5, 0.6) is 0 Å². The highest BCUT2D eigenvalue weighted by molar-refractivity contribution is 5.92. The Morgan fingerprint density at radius 3 is 2.52 bits per heavy atom. The highest BCUT2D eigenvalue weighted by Gasteiger charge is 2.31. The molecule has 0 aliphatic heterocycles. The van der Waals surface area contributed by atoms with Gasteiger partial charge in [-0.3, -0.25) is 9.59 Å². The predicted molar refractivity (Wildman–Crippen MR) is 82.8 cm³/mol. The van der Waals surface area contributed by atoms with E-state index in [4.69, 9.17) is 4.74 Å². The molecule has 1 saturated carbocycles. The predicted octanol–water partition coefficient (Wildman–Crippen LogP) is 1.55. The summed E-state index contributed by atoms with van der Waals surface area (Å²) < 4.78 is 5.32. The third kappa shape index (κ3) is 3.66. The normalized spacial score (nSPS) is 14.8. The third-order valence-corrected chi connectivity index (χ3v) is 3.53. The van der Waals surface area contributed by atoms with E-state index in [0.717, 1.165) is 12.8 Å². The van der Waals surface area contributed by atoms with Crippen LogP contribution in [0.3, 0.4) is 0 Å². The van der Waals surface area contributed by atoms with Crippen LogP contribution in [0.4, 0.5) is 0 Å². The number of pyridine rings is 1. The van der Waals surface area contributed by atoms with Crippen molar-refractivity contribution in [3.05, 3.63) is 70.1 Å². The van der Waals surface area contributed by atoms with E-state index in [0.29, 0.717) is 5.56 Å². The van der Waals surface area contributed by atoms with Gasteiger partial charge in [-0.05, 0) is 25.0 Å². The third-order valence-electron chi connectivity index (χ3n) is 3.53. The smallest absolute Gasteiger partial charge is 0.344 e. The summed E-state index contributed by atoms with van der Waals surface area (Å²) in [6.45, 7) is 0. The first-order chi connectivity index (χ1) is 11.1. The number of carbonyl (C=O) groups excluding carboxylic acids is 2. The van der Waals surface area contributed by atoms with Gasteiger partial charge in [-0.2, -0.15) is 0 Å². The molecule has 0 bridgehead atoms. The van der Waals surface area contributed by atoms with Gasteiger partial charge < -0.3 is 15.0 Å². The summed E-state index contributed by atoms with van der Waals surface area (Å²) in [5, 5.41) is 2.82. The first-order valence-corrected chi connectivity index (χ1v) is 7.39. The Bertz CT molecular complexity index is 765. The maximum absolute atomic E-state index is 12.4. The van der Waals surface area contributed by atoms with Gasteiger partial charge in [0, 0.05) is 17.8 Å². The molecule has 0 unspecified atom stereocenters. The number of rotatable bonds is 5. The Kier molecular flexibility index (Phi) is 4.23. The number of nitrogens with one attached hydrogen (secondary N) is 2. The second kappa shape index (κ2) is 6.48. The molecule has 1 amide bonds. The Labute approximate surface area is 132 Å². The largest absolute Gasteiger partial charge is 0.444 e. The number of esters is 1. The van der Waals surface area contributed by atoms with Gasteiger partial charge in [0.1, 0.15) is 5.56 Å². The fraction of sp³-hybridized carbons (Fsp3) is 0.235. The average Bonchev–Trinajstić information content (AvgIpc) is 3.37. The van der Waals surface area contributed by atoms with E-state index in [9.17, 15) is 14.4 Å². The highest BCUT2D eigenvalue weighted by Crippen LogP contribution is 2.23. The van der Waals surface area contributed by atoms with Crippen LogP contribution in [0.1, 0.15) is 34.9 Å². The lowest BCUT2D eigenvalue weighted by atomic mass is 10.1. The van der Waals surface area contributed by atoms with Crippen LogP contribution >= 0.6 is 0 Å². The van der Waals surface area contributed by atoms with Gasteiger partial charge in [-0.25, -0.2) is 4.79 Å². The molecule has 0 spiro atoms. The minimum atomic E-state index is -1.08. The molecule has 118 valence electrons. The van der Waals surface area contributed by atoms with Crippen molar-refractivity contribution in [1.82, 2.24) is 10.3 Å². The molecule has 0 radical (unpaired) electrons. The van der Waals surface area contributed by atoms with Crippen molar-refractivity contribution < 1.29 is 14.3 Å². The highest BCUT2D eigenvalue weighted by atomic mass is 16.5. The Morgan fingerprint density at radius 2 is 1.87 bits per heavy atom. The topological polar surface area (TPSA) is 88.3 Å². The van der Waals surface area contributed by atoms with Crippen LogP contribution in [0, 0.1) is 0 Å². The van der Waals surface area contributed by atoms with E-state index >= 15 is 0 Å². The number of hydrogen-bond acceptors (Lipinski definition) is 4. The van der Waals surface area contributed by atoms with Crippen molar-refractivity contribution in [3.8, 4) is 0 Å². The van der Waals surface area contributed by atoms with E-state index in [-0.39, 0.29) is 17.5 Å². The molecule has 1 aliphatic rings. The molecular formula is C17H16N2O4. The van der Waals surface area contributed by atoms with E-state index in [1.807, 2.05) is 6.07 Å². The zero-order valence-corrected chi connectivity index (χ0v) is 12.3. The summed E-state index contributed by atoms with van der Waals surface area (Å²) in [4.78, 5) is 38.7. The molecule has 2 aromatic rings. The second-order valence-corrected chi connectivity index (χ2v) is 5.39. The molecule has 1 atom stereocenters. The summed E-state index contributed by atoms with van der Waals surface area (Å²) in [6, 6.07) is 11.8. The molecule has 23 heavy (non-hydrogen) atoms. The lowest BCUT2D eigenvalue weighted by Crippen LogP contribution is -2.34. The van der Waals surface area contributed by atoms with Gasteiger partial charge in [0.05, 0.1) is 0 Å². The lowest BCUT2D eigenvalue weighted by molar-refractivity contribution is -0.130. The molecule has 3 rings (SSSR count). The number of ether oxygens (including phenoxy) is 1. The monoisotopic (exact) mass is 312 g/mol. The molecule has 1 aromatic carbocycles. The zero-order valence-electron chi connectivity index (χ0n) is 12.3. The van der Waals surface area contributed by atoms with Gasteiger partial charge >= 0.3 is 5.97 Å². The van der Waals surface area contributed by atoms with E-state index in [1.165, 1.54) is 18.3 Å². The maximum atomic E-state index is 12.4. The summed E-state index contributed by atoms with van der Waals surface area (Å²) in [7, 11) is 0. The maximum Gasteiger partial charge on any atom is 0.344 e. The number of aromatic nitrogens is 1. The van der Waals surface area contributed by atoms with E-state index in [2.05, 4.69) is 10.3 Å². The van der Waals surface area contributed by atoms with Crippen LogP contribution < -0.4 is 10.9 Å². The van der Waals surface area contributed by atoms with Crippen LogP contribution in [-0.2, 0) is 9.53 Å². The molecular weight excluding hydrogens is 296 g/mol. The number of carbonyl (C=O) groups is 2. The number of H-pyrrole nitrogens is 1. The Hall–Kier alpha value is -2.89. The van der Waals surface area contributed by atoms with Crippen LogP contribution in [-0.4, -0.2) is 22.9 Å². The molecule has 1 aliphatic carbocycles. The number of amides is 1. The summed E-state index contributed by atoms with van der Waals surface area (Å²) in [5.41, 5.74) is -0.120.